The van der Waals surface area contributed by atoms with Crippen LogP contribution < -0.4 is 16.0 Å². The first-order valence-electron chi connectivity index (χ1n) is 6.73. The molecule has 2 N–H and O–H groups in total. The lowest BCUT2D eigenvalue weighted by Crippen LogP contribution is -2.23. The van der Waals surface area contributed by atoms with Crippen molar-refractivity contribution >= 4 is 33.5 Å². The molecular formula is C14H13BrF3N3O2S. The molecule has 0 spiro atoms. The summed E-state index contributed by atoms with van der Waals surface area (Å²) in [4.78, 5) is 16.6. The molecule has 0 amide bonds. The summed E-state index contributed by atoms with van der Waals surface area (Å²) in [6.45, 7) is 0.520. The van der Waals surface area contributed by atoms with Crippen LogP contribution in [0.3, 0.4) is 0 Å². The van der Waals surface area contributed by atoms with Crippen molar-refractivity contribution < 1.29 is 17.9 Å². The number of aromatic nitrogens is 2. The van der Waals surface area contributed by atoms with E-state index in [1.807, 2.05) is 6.92 Å². The Kier molecular flexibility index (Phi) is 5.81. The first-order valence-corrected chi connectivity index (χ1v) is 8.51. The Labute approximate surface area is 148 Å². The molecule has 1 heterocycles. The molecule has 0 atom stereocenters. The number of hydrogen-bond acceptors (Lipinski definition) is 5. The quantitative estimate of drug-likeness (QED) is 0.587. The van der Waals surface area contributed by atoms with Gasteiger partial charge in [-0.3, -0.25) is 9.36 Å². The normalized spacial score (nSPS) is 11.5. The van der Waals surface area contributed by atoms with Gasteiger partial charge in [0.05, 0.1) is 5.69 Å². The smallest absolute Gasteiger partial charge is 0.422 e. The van der Waals surface area contributed by atoms with Crippen LogP contribution in [-0.2, 0) is 0 Å². The number of alkyl halides is 3. The molecule has 0 aliphatic carbocycles. The molecule has 0 saturated carbocycles. The van der Waals surface area contributed by atoms with E-state index >= 15 is 0 Å². The van der Waals surface area contributed by atoms with Gasteiger partial charge < -0.3 is 10.5 Å². The highest BCUT2D eigenvalue weighted by Crippen LogP contribution is 2.24. The molecule has 10 heteroatoms. The maximum atomic E-state index is 12.4. The standard InChI is InChI=1S/C14H13BrF3N3O2S/c1-2-24-13-20-11(19)10(15)12(22)21(13)8-3-5-9(6-4-8)23-7-14(16,17)18/h3-6H,2,7,19H2,1H3. The SMILES string of the molecule is CCSc1nc(N)c(Br)c(=O)n1-c1ccc(OCC(F)(F)F)cc1. The van der Waals surface area contributed by atoms with Crippen LogP contribution in [-0.4, -0.2) is 28.1 Å². The van der Waals surface area contributed by atoms with Crippen molar-refractivity contribution in [1.29, 1.82) is 0 Å². The lowest BCUT2D eigenvalue weighted by molar-refractivity contribution is -0.153. The van der Waals surface area contributed by atoms with Gasteiger partial charge in [0, 0.05) is 0 Å². The molecular weight excluding hydrogens is 411 g/mol. The van der Waals surface area contributed by atoms with Crippen molar-refractivity contribution in [2.24, 2.45) is 0 Å². The summed E-state index contributed by atoms with van der Waals surface area (Å²) < 4.78 is 42.6. The number of thioether (sulfide) groups is 1. The Morgan fingerprint density at radius 1 is 1.33 bits per heavy atom. The number of hydrogen-bond donors (Lipinski definition) is 1. The van der Waals surface area contributed by atoms with Crippen molar-refractivity contribution in [3.8, 4) is 11.4 Å². The van der Waals surface area contributed by atoms with E-state index in [0.29, 0.717) is 16.6 Å². The van der Waals surface area contributed by atoms with Gasteiger partial charge >= 0.3 is 6.18 Å². The Bertz CT molecular complexity index is 779. The zero-order valence-corrected chi connectivity index (χ0v) is 14.8. The van der Waals surface area contributed by atoms with E-state index in [2.05, 4.69) is 25.7 Å². The van der Waals surface area contributed by atoms with Crippen LogP contribution in [0.25, 0.3) is 5.69 Å². The molecule has 0 aliphatic rings. The first-order chi connectivity index (χ1) is 11.2. The predicted molar refractivity (Wildman–Crippen MR) is 89.9 cm³/mol. The zero-order chi connectivity index (χ0) is 17.9. The summed E-state index contributed by atoms with van der Waals surface area (Å²) in [5.74, 6) is 0.800. The van der Waals surface area contributed by atoms with Crippen LogP contribution in [0, 0.1) is 0 Å². The number of halogens is 4. The van der Waals surface area contributed by atoms with E-state index in [0.717, 1.165) is 0 Å². The number of nitrogens with zero attached hydrogens (tertiary/aromatic N) is 2. The highest BCUT2D eigenvalue weighted by molar-refractivity contribution is 9.10. The van der Waals surface area contributed by atoms with Crippen molar-refractivity contribution in [2.45, 2.75) is 18.3 Å². The Morgan fingerprint density at radius 3 is 2.50 bits per heavy atom. The van der Waals surface area contributed by atoms with Crippen LogP contribution in [0.4, 0.5) is 19.0 Å². The molecule has 130 valence electrons. The van der Waals surface area contributed by atoms with Crippen molar-refractivity contribution in [2.75, 3.05) is 18.1 Å². The Morgan fingerprint density at radius 2 is 1.96 bits per heavy atom. The highest BCUT2D eigenvalue weighted by atomic mass is 79.9. The van der Waals surface area contributed by atoms with Gasteiger partial charge in [0.15, 0.2) is 11.8 Å². The fourth-order valence-electron chi connectivity index (χ4n) is 1.81. The van der Waals surface area contributed by atoms with Gasteiger partial charge in [-0.25, -0.2) is 4.98 Å². The molecule has 2 rings (SSSR count). The van der Waals surface area contributed by atoms with Gasteiger partial charge in [0.2, 0.25) is 0 Å². The minimum atomic E-state index is -4.41. The second-order valence-corrected chi connectivity index (χ2v) is 6.59. The van der Waals surface area contributed by atoms with Crippen LogP contribution in [0.1, 0.15) is 6.92 Å². The van der Waals surface area contributed by atoms with Gasteiger partial charge in [-0.05, 0) is 45.9 Å². The molecule has 0 saturated heterocycles. The summed E-state index contributed by atoms with van der Waals surface area (Å²) in [6.07, 6.45) is -4.41. The second-order valence-electron chi connectivity index (χ2n) is 4.56. The molecule has 2 aromatic rings. The summed E-state index contributed by atoms with van der Waals surface area (Å²) >= 11 is 4.42. The molecule has 0 bridgehead atoms. The summed E-state index contributed by atoms with van der Waals surface area (Å²) in [6, 6.07) is 5.69. The van der Waals surface area contributed by atoms with Gasteiger partial charge in [0.25, 0.3) is 5.56 Å². The van der Waals surface area contributed by atoms with Crippen molar-refractivity contribution in [3.05, 3.63) is 39.1 Å². The predicted octanol–water partition coefficient (Wildman–Crippen LogP) is 3.63. The summed E-state index contributed by atoms with van der Waals surface area (Å²) in [5, 5.41) is 0.396. The minimum Gasteiger partial charge on any atom is -0.484 e. The van der Waals surface area contributed by atoms with Crippen LogP contribution in [0.5, 0.6) is 5.75 Å². The van der Waals surface area contributed by atoms with E-state index < -0.39 is 18.3 Å². The fourth-order valence-corrected chi connectivity index (χ4v) is 2.81. The average Bonchev–Trinajstić information content (AvgIpc) is 2.51. The Balaban J connectivity index is 2.38. The van der Waals surface area contributed by atoms with Gasteiger partial charge in [-0.15, -0.1) is 0 Å². The average molecular weight is 424 g/mol. The fraction of sp³-hybridized carbons (Fsp3) is 0.286. The lowest BCUT2D eigenvalue weighted by Gasteiger charge is -2.14. The van der Waals surface area contributed by atoms with Crippen LogP contribution in [0.2, 0.25) is 0 Å². The maximum absolute atomic E-state index is 12.4. The number of nitrogens with two attached hydrogens (primary N) is 1. The topological polar surface area (TPSA) is 70.1 Å². The number of nitrogen functional groups attached to an aromatic ring is 1. The van der Waals surface area contributed by atoms with E-state index in [1.54, 1.807) is 0 Å². The van der Waals surface area contributed by atoms with Crippen LogP contribution in [0.15, 0.2) is 38.7 Å². The van der Waals surface area contributed by atoms with Crippen molar-refractivity contribution in [1.82, 2.24) is 9.55 Å². The number of ether oxygens (including phenoxy) is 1. The lowest BCUT2D eigenvalue weighted by atomic mass is 10.3. The maximum Gasteiger partial charge on any atom is 0.422 e. The summed E-state index contributed by atoms with van der Waals surface area (Å²) in [7, 11) is 0. The minimum absolute atomic E-state index is 0.0521. The zero-order valence-electron chi connectivity index (χ0n) is 12.4. The largest absolute Gasteiger partial charge is 0.484 e. The first kappa shape index (κ1) is 18.7. The number of benzene rings is 1. The van der Waals surface area contributed by atoms with Crippen LogP contribution >= 0.6 is 27.7 Å². The Hall–Kier alpha value is -1.68. The van der Waals surface area contributed by atoms with Gasteiger partial charge in [-0.2, -0.15) is 13.2 Å². The third-order valence-corrected chi connectivity index (χ3v) is 4.36. The van der Waals surface area contributed by atoms with Crippen molar-refractivity contribution in [3.63, 3.8) is 0 Å². The number of rotatable bonds is 5. The molecule has 24 heavy (non-hydrogen) atoms. The molecule has 1 aromatic carbocycles. The molecule has 0 unspecified atom stereocenters. The van der Waals surface area contributed by atoms with E-state index in [-0.39, 0.29) is 16.0 Å². The molecule has 5 nitrogen and oxygen atoms in total. The number of anilines is 1. The van der Waals surface area contributed by atoms with Gasteiger partial charge in [-0.1, -0.05) is 18.7 Å². The molecule has 0 aliphatic heterocycles. The van der Waals surface area contributed by atoms with E-state index in [4.69, 9.17) is 5.73 Å². The third-order valence-electron chi connectivity index (χ3n) is 2.79. The molecule has 0 radical (unpaired) electrons. The highest BCUT2D eigenvalue weighted by Gasteiger charge is 2.28. The van der Waals surface area contributed by atoms with E-state index in [9.17, 15) is 18.0 Å². The molecule has 1 aromatic heterocycles. The summed E-state index contributed by atoms with van der Waals surface area (Å²) in [5.41, 5.74) is 5.74. The molecule has 0 fully saturated rings. The third kappa shape index (κ3) is 4.44. The second kappa shape index (κ2) is 7.47. The van der Waals surface area contributed by atoms with E-state index in [1.165, 1.54) is 40.6 Å². The monoisotopic (exact) mass is 423 g/mol. The van der Waals surface area contributed by atoms with Gasteiger partial charge in [0.1, 0.15) is 16.0 Å².